The van der Waals surface area contributed by atoms with Gasteiger partial charge in [0.15, 0.2) is 0 Å². The number of rotatable bonds is 3. The summed E-state index contributed by atoms with van der Waals surface area (Å²) >= 11 is 0. The van der Waals surface area contributed by atoms with E-state index < -0.39 is 0 Å². The molecule has 0 saturated heterocycles. The van der Waals surface area contributed by atoms with Crippen molar-refractivity contribution in [2.45, 2.75) is 26.7 Å². The molecule has 17 heavy (non-hydrogen) atoms. The molecule has 0 amide bonds. The Bertz CT molecular complexity index is 451. The highest BCUT2D eigenvalue weighted by Crippen LogP contribution is 2.31. The van der Waals surface area contributed by atoms with Crippen LogP contribution in [-0.4, -0.2) is 0 Å². The zero-order valence-electron chi connectivity index (χ0n) is 10.9. The van der Waals surface area contributed by atoms with Crippen molar-refractivity contribution in [1.29, 1.82) is 0 Å². The Morgan fingerprint density at radius 3 is 1.76 bits per heavy atom. The Morgan fingerprint density at radius 1 is 0.706 bits per heavy atom. The maximum absolute atomic E-state index is 2.29. The van der Waals surface area contributed by atoms with Crippen LogP contribution in [0.25, 0.3) is 0 Å². The highest BCUT2D eigenvalue weighted by molar-refractivity contribution is 5.34. The summed E-state index contributed by atoms with van der Waals surface area (Å²) in [6.07, 6.45) is 0. The largest absolute Gasteiger partial charge is 0.0622 e. The summed E-state index contributed by atoms with van der Waals surface area (Å²) in [7, 11) is 0. The second-order valence-corrected chi connectivity index (χ2v) is 5.04. The van der Waals surface area contributed by atoms with Crippen molar-refractivity contribution in [3.63, 3.8) is 0 Å². The molecule has 0 aliphatic carbocycles. The summed E-state index contributed by atoms with van der Waals surface area (Å²) in [5.41, 5.74) is 4.15. The molecular formula is C17H20. The maximum Gasteiger partial charge on any atom is 0.0112 e. The van der Waals surface area contributed by atoms with Gasteiger partial charge in [0, 0.05) is 5.92 Å². The topological polar surface area (TPSA) is 0 Å². The third kappa shape index (κ3) is 2.76. The van der Waals surface area contributed by atoms with Gasteiger partial charge in [0.25, 0.3) is 0 Å². The van der Waals surface area contributed by atoms with Crippen molar-refractivity contribution < 1.29 is 0 Å². The van der Waals surface area contributed by atoms with Gasteiger partial charge in [-0.3, -0.25) is 0 Å². The second kappa shape index (κ2) is 5.18. The predicted molar refractivity (Wildman–Crippen MR) is 74.3 cm³/mol. The number of hydrogen-bond acceptors (Lipinski definition) is 0. The normalized spacial score (nSPS) is 12.7. The first-order valence-corrected chi connectivity index (χ1v) is 6.30. The van der Waals surface area contributed by atoms with Crippen LogP contribution in [0.1, 0.15) is 36.5 Å². The third-order valence-electron chi connectivity index (χ3n) is 3.26. The van der Waals surface area contributed by atoms with E-state index in [4.69, 9.17) is 0 Å². The highest BCUT2D eigenvalue weighted by Gasteiger charge is 2.17. The zero-order valence-corrected chi connectivity index (χ0v) is 10.9. The summed E-state index contributed by atoms with van der Waals surface area (Å²) in [5, 5.41) is 0. The van der Waals surface area contributed by atoms with Gasteiger partial charge in [0.05, 0.1) is 0 Å². The van der Waals surface area contributed by atoms with Gasteiger partial charge in [0.2, 0.25) is 0 Å². The molecule has 0 aliphatic heterocycles. The molecule has 2 aromatic carbocycles. The van der Waals surface area contributed by atoms with Gasteiger partial charge in [-0.1, -0.05) is 74.0 Å². The minimum Gasteiger partial charge on any atom is -0.0622 e. The van der Waals surface area contributed by atoms with E-state index in [0.29, 0.717) is 11.8 Å². The van der Waals surface area contributed by atoms with Crippen molar-refractivity contribution in [3.05, 3.63) is 71.3 Å². The van der Waals surface area contributed by atoms with E-state index in [9.17, 15) is 0 Å². The van der Waals surface area contributed by atoms with Crippen LogP contribution in [0.3, 0.4) is 0 Å². The summed E-state index contributed by atoms with van der Waals surface area (Å²) < 4.78 is 0. The first-order valence-electron chi connectivity index (χ1n) is 6.30. The molecule has 88 valence electrons. The van der Waals surface area contributed by atoms with E-state index >= 15 is 0 Å². The fraction of sp³-hybridized carbons (Fsp3) is 0.294. The Morgan fingerprint density at radius 2 is 1.24 bits per heavy atom. The van der Waals surface area contributed by atoms with Crippen LogP contribution in [-0.2, 0) is 0 Å². The fourth-order valence-electron chi connectivity index (χ4n) is 2.40. The summed E-state index contributed by atoms with van der Waals surface area (Å²) in [4.78, 5) is 0. The van der Waals surface area contributed by atoms with Crippen molar-refractivity contribution in [1.82, 2.24) is 0 Å². The monoisotopic (exact) mass is 224 g/mol. The van der Waals surface area contributed by atoms with Crippen LogP contribution in [0.2, 0.25) is 0 Å². The minimum atomic E-state index is 0.497. The Hall–Kier alpha value is -1.56. The van der Waals surface area contributed by atoms with Crippen LogP contribution in [0, 0.1) is 12.8 Å². The molecule has 0 saturated carbocycles. The van der Waals surface area contributed by atoms with Gasteiger partial charge in [0.1, 0.15) is 0 Å². The summed E-state index contributed by atoms with van der Waals surface area (Å²) in [6, 6.07) is 19.7. The third-order valence-corrected chi connectivity index (χ3v) is 3.26. The summed E-state index contributed by atoms with van der Waals surface area (Å²) in [6.45, 7) is 6.71. The van der Waals surface area contributed by atoms with Crippen molar-refractivity contribution >= 4 is 0 Å². The van der Waals surface area contributed by atoms with Crippen LogP contribution in [0.5, 0.6) is 0 Å². The lowest BCUT2D eigenvalue weighted by molar-refractivity contribution is 0.564. The number of benzene rings is 2. The SMILES string of the molecule is Cc1ccc(C(c2ccccc2)C(C)C)cc1. The van der Waals surface area contributed by atoms with Crippen LogP contribution >= 0.6 is 0 Å². The van der Waals surface area contributed by atoms with Gasteiger partial charge in [-0.05, 0) is 24.0 Å². The number of aryl methyl sites for hydroxylation is 1. The predicted octanol–water partition coefficient (Wildman–Crippen LogP) is 4.78. The first-order chi connectivity index (χ1) is 8.18. The lowest BCUT2D eigenvalue weighted by atomic mass is 9.82. The van der Waals surface area contributed by atoms with Crippen LogP contribution in [0.4, 0.5) is 0 Å². The van der Waals surface area contributed by atoms with E-state index in [0.717, 1.165) is 0 Å². The quantitative estimate of drug-likeness (QED) is 0.703. The van der Waals surface area contributed by atoms with E-state index in [1.807, 2.05) is 0 Å². The van der Waals surface area contributed by atoms with E-state index in [2.05, 4.69) is 75.4 Å². The average Bonchev–Trinajstić information content (AvgIpc) is 2.33. The minimum absolute atomic E-state index is 0.497. The molecule has 0 N–H and O–H groups in total. The van der Waals surface area contributed by atoms with Gasteiger partial charge in [-0.2, -0.15) is 0 Å². The Labute approximate surface area is 104 Å². The molecular weight excluding hydrogens is 204 g/mol. The average molecular weight is 224 g/mol. The molecule has 0 spiro atoms. The Balaban J connectivity index is 2.39. The maximum atomic E-state index is 2.29. The second-order valence-electron chi connectivity index (χ2n) is 5.04. The highest BCUT2D eigenvalue weighted by atomic mass is 14.2. The molecule has 0 aliphatic rings. The fourth-order valence-corrected chi connectivity index (χ4v) is 2.40. The summed E-state index contributed by atoms with van der Waals surface area (Å²) in [5.74, 6) is 1.11. The van der Waals surface area contributed by atoms with Gasteiger partial charge in [-0.15, -0.1) is 0 Å². The zero-order chi connectivity index (χ0) is 12.3. The molecule has 0 fully saturated rings. The molecule has 0 bridgehead atoms. The van der Waals surface area contributed by atoms with Gasteiger partial charge in [-0.25, -0.2) is 0 Å². The molecule has 0 nitrogen and oxygen atoms in total. The van der Waals surface area contributed by atoms with Crippen molar-refractivity contribution in [2.75, 3.05) is 0 Å². The van der Waals surface area contributed by atoms with Gasteiger partial charge < -0.3 is 0 Å². The molecule has 0 aromatic heterocycles. The van der Waals surface area contributed by atoms with Crippen molar-refractivity contribution in [2.24, 2.45) is 5.92 Å². The molecule has 1 atom stereocenters. The molecule has 2 rings (SSSR count). The lowest BCUT2D eigenvalue weighted by Crippen LogP contribution is -2.08. The van der Waals surface area contributed by atoms with Gasteiger partial charge >= 0.3 is 0 Å². The van der Waals surface area contributed by atoms with Crippen LogP contribution in [0.15, 0.2) is 54.6 Å². The van der Waals surface area contributed by atoms with Crippen molar-refractivity contribution in [3.8, 4) is 0 Å². The molecule has 0 radical (unpaired) electrons. The van der Waals surface area contributed by atoms with E-state index in [1.165, 1.54) is 16.7 Å². The van der Waals surface area contributed by atoms with E-state index in [1.54, 1.807) is 0 Å². The molecule has 2 aromatic rings. The van der Waals surface area contributed by atoms with Crippen LogP contribution < -0.4 is 0 Å². The standard InChI is InChI=1S/C17H20/c1-13(2)17(15-7-5-4-6-8-15)16-11-9-14(3)10-12-16/h4-13,17H,1-3H3. The molecule has 1 unspecified atom stereocenters. The Kier molecular flexibility index (Phi) is 3.63. The first kappa shape index (κ1) is 11.9. The molecule has 0 heteroatoms. The molecule has 0 heterocycles. The number of hydrogen-bond donors (Lipinski definition) is 0. The lowest BCUT2D eigenvalue weighted by Gasteiger charge is -2.22. The van der Waals surface area contributed by atoms with E-state index in [-0.39, 0.29) is 0 Å². The smallest absolute Gasteiger partial charge is 0.0112 e.